The highest BCUT2D eigenvalue weighted by atomic mass is 15.3. The Kier molecular flexibility index (Phi) is 5.05. The van der Waals surface area contributed by atoms with Crippen molar-refractivity contribution in [2.24, 2.45) is 0 Å². The Labute approximate surface area is 167 Å². The maximum Gasteiger partial charge on any atom is 0.206 e. The minimum Gasteiger partial charge on any atom is -0.340 e. The van der Waals surface area contributed by atoms with Crippen molar-refractivity contribution in [2.45, 2.75) is 44.6 Å². The SMILES string of the molecule is c1ccc2c(c1)nc(N1CCNCC1)n2Cc1ccc(C2CCCCC2)cc1. The predicted octanol–water partition coefficient (Wildman–Crippen LogP) is 4.54. The summed E-state index contributed by atoms with van der Waals surface area (Å²) >= 11 is 0. The van der Waals surface area contributed by atoms with Crippen molar-refractivity contribution in [1.29, 1.82) is 0 Å². The van der Waals surface area contributed by atoms with Crippen LogP contribution in [-0.2, 0) is 6.54 Å². The van der Waals surface area contributed by atoms with Crippen molar-refractivity contribution < 1.29 is 0 Å². The number of imidazole rings is 1. The molecule has 2 heterocycles. The highest BCUT2D eigenvalue weighted by Gasteiger charge is 2.19. The minimum absolute atomic E-state index is 0.772. The van der Waals surface area contributed by atoms with Crippen LogP contribution in [0.4, 0.5) is 5.95 Å². The van der Waals surface area contributed by atoms with E-state index >= 15 is 0 Å². The number of hydrogen-bond acceptors (Lipinski definition) is 3. The quantitative estimate of drug-likeness (QED) is 0.728. The predicted molar refractivity (Wildman–Crippen MR) is 116 cm³/mol. The van der Waals surface area contributed by atoms with Crippen LogP contribution < -0.4 is 10.2 Å². The normalized spacial score (nSPS) is 18.6. The molecule has 0 unspecified atom stereocenters. The first-order valence-corrected chi connectivity index (χ1v) is 10.9. The van der Waals surface area contributed by atoms with E-state index in [0.717, 1.165) is 50.1 Å². The van der Waals surface area contributed by atoms with E-state index in [4.69, 9.17) is 4.98 Å². The van der Waals surface area contributed by atoms with Gasteiger partial charge >= 0.3 is 0 Å². The molecule has 28 heavy (non-hydrogen) atoms. The maximum absolute atomic E-state index is 4.98. The standard InChI is InChI=1S/C24H30N4/c1-2-6-20(7-3-1)21-12-10-19(11-13-21)18-28-23-9-5-4-8-22(23)26-24(28)27-16-14-25-15-17-27/h4-5,8-13,20,25H,1-3,6-7,14-18H2. The first kappa shape index (κ1) is 17.7. The second-order valence-electron chi connectivity index (χ2n) is 8.30. The first-order chi connectivity index (χ1) is 13.9. The van der Waals surface area contributed by atoms with E-state index in [1.54, 1.807) is 0 Å². The molecule has 2 aliphatic rings. The van der Waals surface area contributed by atoms with Gasteiger partial charge in [-0.05, 0) is 42.0 Å². The van der Waals surface area contributed by atoms with Gasteiger partial charge in [0.25, 0.3) is 0 Å². The molecule has 1 saturated heterocycles. The summed E-state index contributed by atoms with van der Waals surface area (Å²) in [6, 6.07) is 17.9. The van der Waals surface area contributed by atoms with E-state index in [9.17, 15) is 0 Å². The summed E-state index contributed by atoms with van der Waals surface area (Å²) in [6.07, 6.45) is 6.91. The van der Waals surface area contributed by atoms with Gasteiger partial charge in [0, 0.05) is 26.2 Å². The summed E-state index contributed by atoms with van der Waals surface area (Å²) in [4.78, 5) is 7.41. The van der Waals surface area contributed by atoms with Crippen molar-refractivity contribution in [1.82, 2.24) is 14.9 Å². The molecule has 2 fully saturated rings. The summed E-state index contributed by atoms with van der Waals surface area (Å²) in [6.45, 7) is 4.97. The molecular weight excluding hydrogens is 344 g/mol. The number of para-hydroxylation sites is 2. The molecular formula is C24H30N4. The number of nitrogens with zero attached hydrogens (tertiary/aromatic N) is 3. The molecule has 1 aliphatic carbocycles. The molecule has 0 bridgehead atoms. The topological polar surface area (TPSA) is 33.1 Å². The number of aromatic nitrogens is 2. The Morgan fingerprint density at radius 1 is 0.893 bits per heavy atom. The number of benzene rings is 2. The van der Waals surface area contributed by atoms with Gasteiger partial charge in [0.15, 0.2) is 0 Å². The molecule has 4 nitrogen and oxygen atoms in total. The van der Waals surface area contributed by atoms with Crippen molar-refractivity contribution in [3.05, 3.63) is 59.7 Å². The van der Waals surface area contributed by atoms with Gasteiger partial charge in [-0.2, -0.15) is 0 Å². The molecule has 5 rings (SSSR count). The Balaban J connectivity index is 1.43. The number of fused-ring (bicyclic) bond motifs is 1. The van der Waals surface area contributed by atoms with Gasteiger partial charge in [-0.3, -0.25) is 0 Å². The van der Waals surface area contributed by atoms with Crippen molar-refractivity contribution in [3.63, 3.8) is 0 Å². The zero-order chi connectivity index (χ0) is 18.8. The molecule has 0 atom stereocenters. The molecule has 1 aromatic heterocycles. The average molecular weight is 375 g/mol. The van der Waals surface area contributed by atoms with Crippen LogP contribution in [0.3, 0.4) is 0 Å². The molecule has 0 spiro atoms. The smallest absolute Gasteiger partial charge is 0.206 e. The number of hydrogen-bond donors (Lipinski definition) is 1. The van der Waals surface area contributed by atoms with Gasteiger partial charge in [0.1, 0.15) is 0 Å². The molecule has 4 heteroatoms. The number of rotatable bonds is 4. The summed E-state index contributed by atoms with van der Waals surface area (Å²) in [5.41, 5.74) is 5.21. The van der Waals surface area contributed by atoms with Gasteiger partial charge in [0.05, 0.1) is 17.6 Å². The van der Waals surface area contributed by atoms with Gasteiger partial charge in [-0.15, -0.1) is 0 Å². The highest BCUT2D eigenvalue weighted by Crippen LogP contribution is 2.33. The lowest BCUT2D eigenvalue weighted by Gasteiger charge is -2.29. The van der Waals surface area contributed by atoms with Crippen molar-refractivity contribution in [2.75, 3.05) is 31.1 Å². The van der Waals surface area contributed by atoms with Crippen LogP contribution in [-0.4, -0.2) is 35.7 Å². The Morgan fingerprint density at radius 3 is 2.43 bits per heavy atom. The van der Waals surface area contributed by atoms with Gasteiger partial charge in [0.2, 0.25) is 5.95 Å². The number of nitrogens with one attached hydrogen (secondary N) is 1. The Bertz CT molecular complexity index is 915. The average Bonchev–Trinajstić information content (AvgIpc) is 3.14. The molecule has 1 N–H and O–H groups in total. The van der Waals surface area contributed by atoms with Crippen LogP contribution in [0.1, 0.15) is 49.1 Å². The van der Waals surface area contributed by atoms with Gasteiger partial charge < -0.3 is 14.8 Å². The maximum atomic E-state index is 4.98. The van der Waals surface area contributed by atoms with E-state index < -0.39 is 0 Å². The summed E-state index contributed by atoms with van der Waals surface area (Å²) in [5, 5.41) is 3.45. The lowest BCUT2D eigenvalue weighted by molar-refractivity contribution is 0.443. The monoisotopic (exact) mass is 374 g/mol. The summed E-state index contributed by atoms with van der Waals surface area (Å²) < 4.78 is 2.40. The lowest BCUT2D eigenvalue weighted by atomic mass is 9.84. The second-order valence-corrected chi connectivity index (χ2v) is 8.30. The molecule has 0 radical (unpaired) electrons. The van der Waals surface area contributed by atoms with E-state index in [-0.39, 0.29) is 0 Å². The molecule has 3 aromatic rings. The van der Waals surface area contributed by atoms with Crippen LogP contribution in [0.25, 0.3) is 11.0 Å². The highest BCUT2D eigenvalue weighted by molar-refractivity contribution is 5.79. The van der Waals surface area contributed by atoms with E-state index in [1.807, 2.05) is 0 Å². The van der Waals surface area contributed by atoms with E-state index in [2.05, 4.69) is 63.3 Å². The van der Waals surface area contributed by atoms with Gasteiger partial charge in [-0.1, -0.05) is 55.7 Å². The minimum atomic E-state index is 0.772. The number of anilines is 1. The van der Waals surface area contributed by atoms with Crippen LogP contribution in [0, 0.1) is 0 Å². The first-order valence-electron chi connectivity index (χ1n) is 10.9. The molecule has 146 valence electrons. The molecule has 2 aromatic carbocycles. The zero-order valence-electron chi connectivity index (χ0n) is 16.6. The zero-order valence-corrected chi connectivity index (χ0v) is 16.6. The van der Waals surface area contributed by atoms with Crippen molar-refractivity contribution in [3.8, 4) is 0 Å². The van der Waals surface area contributed by atoms with E-state index in [1.165, 1.54) is 48.7 Å². The Morgan fingerprint density at radius 2 is 1.64 bits per heavy atom. The third-order valence-corrected chi connectivity index (χ3v) is 6.43. The van der Waals surface area contributed by atoms with Crippen molar-refractivity contribution >= 4 is 17.0 Å². The third kappa shape index (κ3) is 3.53. The fourth-order valence-electron chi connectivity index (χ4n) is 4.84. The molecule has 1 aliphatic heterocycles. The molecule has 1 saturated carbocycles. The van der Waals surface area contributed by atoms with Crippen LogP contribution in [0.5, 0.6) is 0 Å². The Hall–Kier alpha value is -2.33. The third-order valence-electron chi connectivity index (χ3n) is 6.43. The van der Waals surface area contributed by atoms with Crippen LogP contribution in [0.2, 0.25) is 0 Å². The van der Waals surface area contributed by atoms with Crippen LogP contribution >= 0.6 is 0 Å². The van der Waals surface area contributed by atoms with Crippen LogP contribution in [0.15, 0.2) is 48.5 Å². The largest absolute Gasteiger partial charge is 0.340 e. The summed E-state index contributed by atoms with van der Waals surface area (Å²) in [5.74, 6) is 1.88. The number of piperazine rings is 1. The second kappa shape index (κ2) is 7.96. The fraction of sp³-hybridized carbons (Fsp3) is 0.458. The fourth-order valence-corrected chi connectivity index (χ4v) is 4.84. The molecule has 0 amide bonds. The van der Waals surface area contributed by atoms with Gasteiger partial charge in [-0.25, -0.2) is 4.98 Å². The lowest BCUT2D eigenvalue weighted by Crippen LogP contribution is -2.44. The van der Waals surface area contributed by atoms with E-state index in [0.29, 0.717) is 0 Å². The summed E-state index contributed by atoms with van der Waals surface area (Å²) in [7, 11) is 0.